The Balaban J connectivity index is 1.17. The second-order valence-electron chi connectivity index (χ2n) is 9.60. The Morgan fingerprint density at radius 2 is 1.71 bits per heavy atom. The van der Waals surface area contributed by atoms with Crippen LogP contribution in [-0.2, 0) is 14.3 Å². The van der Waals surface area contributed by atoms with E-state index in [2.05, 4.69) is 29.6 Å². The lowest BCUT2D eigenvalue weighted by molar-refractivity contribution is -0.149. The van der Waals surface area contributed by atoms with Gasteiger partial charge in [0.25, 0.3) is 0 Å². The van der Waals surface area contributed by atoms with E-state index in [9.17, 15) is 19.5 Å². The van der Waals surface area contributed by atoms with Gasteiger partial charge >= 0.3 is 12.1 Å². The Morgan fingerprint density at radius 1 is 1.09 bits per heavy atom. The number of benzene rings is 2. The molecule has 1 heterocycles. The van der Waals surface area contributed by atoms with Crippen LogP contribution < -0.4 is 5.32 Å². The zero-order valence-electron chi connectivity index (χ0n) is 19.7. The fourth-order valence-electron chi connectivity index (χ4n) is 5.38. The molecule has 8 heteroatoms. The molecule has 0 bridgehead atoms. The van der Waals surface area contributed by atoms with Gasteiger partial charge in [0.2, 0.25) is 5.91 Å². The van der Waals surface area contributed by atoms with E-state index in [-0.39, 0.29) is 36.1 Å². The van der Waals surface area contributed by atoms with Gasteiger partial charge < -0.3 is 20.1 Å². The Bertz CT molecular complexity index is 1090. The average Bonchev–Trinajstić information content (AvgIpc) is 3.55. The van der Waals surface area contributed by atoms with E-state index in [1.54, 1.807) is 0 Å². The van der Waals surface area contributed by atoms with E-state index in [1.807, 2.05) is 31.2 Å². The summed E-state index contributed by atoms with van der Waals surface area (Å²) in [6.07, 6.45) is 1.80. The molecular formula is C27H30N2O5S. The fourth-order valence-corrected chi connectivity index (χ4v) is 6.57. The smallest absolute Gasteiger partial charge is 0.407 e. The van der Waals surface area contributed by atoms with Gasteiger partial charge in [-0.1, -0.05) is 48.5 Å². The third kappa shape index (κ3) is 4.89. The van der Waals surface area contributed by atoms with E-state index in [1.165, 1.54) is 27.8 Å². The number of aliphatic carboxylic acids is 1. The van der Waals surface area contributed by atoms with Crippen LogP contribution in [0.3, 0.4) is 0 Å². The van der Waals surface area contributed by atoms with Gasteiger partial charge in [-0.25, -0.2) is 9.59 Å². The maximum absolute atomic E-state index is 13.0. The van der Waals surface area contributed by atoms with Gasteiger partial charge in [0.05, 0.1) is 5.37 Å². The van der Waals surface area contributed by atoms with Crippen LogP contribution in [0.1, 0.15) is 43.2 Å². The Morgan fingerprint density at radius 3 is 2.31 bits per heavy atom. The minimum absolute atomic E-state index is 0.00365. The molecular weight excluding hydrogens is 464 g/mol. The van der Waals surface area contributed by atoms with Crippen molar-refractivity contribution in [2.75, 3.05) is 18.9 Å². The number of carboxylic acids is 1. The molecule has 1 aliphatic heterocycles. The maximum atomic E-state index is 13.0. The van der Waals surface area contributed by atoms with Gasteiger partial charge in [-0.3, -0.25) is 4.79 Å². The normalized spacial score (nSPS) is 21.8. The number of alkyl carbamates (subject to hydrolysis) is 1. The highest BCUT2D eigenvalue weighted by Crippen LogP contribution is 2.44. The highest BCUT2D eigenvalue weighted by Gasteiger charge is 2.41. The fraction of sp³-hybridized carbons (Fsp3) is 0.444. The summed E-state index contributed by atoms with van der Waals surface area (Å²) in [4.78, 5) is 38.7. The lowest BCUT2D eigenvalue weighted by Crippen LogP contribution is -2.46. The van der Waals surface area contributed by atoms with Crippen molar-refractivity contribution in [1.29, 1.82) is 0 Å². The minimum atomic E-state index is -0.963. The molecule has 7 nitrogen and oxygen atoms in total. The number of thioether (sulfide) groups is 1. The van der Waals surface area contributed by atoms with Crippen LogP contribution in [0.2, 0.25) is 0 Å². The molecule has 3 aliphatic rings. The molecule has 0 spiro atoms. The molecule has 184 valence electrons. The van der Waals surface area contributed by atoms with E-state index >= 15 is 0 Å². The number of nitrogens with one attached hydrogen (secondary N) is 1. The summed E-state index contributed by atoms with van der Waals surface area (Å²) in [5.74, 6) is -0.349. The van der Waals surface area contributed by atoms with Gasteiger partial charge in [-0.15, -0.1) is 11.8 Å². The van der Waals surface area contributed by atoms with Crippen molar-refractivity contribution in [2.45, 2.75) is 43.5 Å². The molecule has 1 saturated heterocycles. The molecule has 3 unspecified atom stereocenters. The molecule has 0 aromatic heterocycles. The van der Waals surface area contributed by atoms with Crippen LogP contribution in [0, 0.1) is 11.8 Å². The van der Waals surface area contributed by atoms with E-state index in [4.69, 9.17) is 4.74 Å². The second-order valence-corrected chi connectivity index (χ2v) is 10.9. The Kier molecular flexibility index (Phi) is 6.73. The SMILES string of the molecule is CC1SCC(C(=O)O)N1C(=O)CC(CNC(=O)OCC1c2ccccc2-c2ccccc21)C1CC1. The molecule has 2 fully saturated rings. The number of ether oxygens (including phenoxy) is 1. The number of fused-ring (bicyclic) bond motifs is 3. The molecule has 2 aromatic carbocycles. The predicted octanol–water partition coefficient (Wildman–Crippen LogP) is 4.32. The maximum Gasteiger partial charge on any atom is 0.407 e. The van der Waals surface area contributed by atoms with Crippen LogP contribution in [0.25, 0.3) is 11.1 Å². The first-order valence-corrected chi connectivity index (χ1v) is 13.2. The Hall–Kier alpha value is -3.00. The summed E-state index contributed by atoms with van der Waals surface area (Å²) >= 11 is 1.48. The number of hydrogen-bond donors (Lipinski definition) is 2. The summed E-state index contributed by atoms with van der Waals surface area (Å²) in [6.45, 7) is 2.46. The average molecular weight is 495 g/mol. The highest BCUT2D eigenvalue weighted by molar-refractivity contribution is 8.00. The van der Waals surface area contributed by atoms with E-state index in [0.29, 0.717) is 18.2 Å². The molecule has 1 saturated carbocycles. The number of hydrogen-bond acceptors (Lipinski definition) is 5. The molecule has 5 rings (SSSR count). The van der Waals surface area contributed by atoms with Crippen molar-refractivity contribution < 1.29 is 24.2 Å². The van der Waals surface area contributed by atoms with Crippen molar-refractivity contribution in [2.24, 2.45) is 11.8 Å². The van der Waals surface area contributed by atoms with Gasteiger partial charge in [0, 0.05) is 24.6 Å². The quantitative estimate of drug-likeness (QED) is 0.568. The Labute approximate surface area is 209 Å². The third-order valence-electron chi connectivity index (χ3n) is 7.37. The third-order valence-corrected chi connectivity index (χ3v) is 8.59. The van der Waals surface area contributed by atoms with Crippen molar-refractivity contribution in [3.8, 4) is 11.1 Å². The molecule has 2 aromatic rings. The first-order chi connectivity index (χ1) is 16.9. The van der Waals surface area contributed by atoms with Gasteiger partial charge in [0.1, 0.15) is 12.6 Å². The summed E-state index contributed by atoms with van der Waals surface area (Å²) in [5.41, 5.74) is 4.68. The topological polar surface area (TPSA) is 95.9 Å². The molecule has 2 aliphatic carbocycles. The van der Waals surface area contributed by atoms with Gasteiger partial charge in [-0.2, -0.15) is 0 Å². The van der Waals surface area contributed by atoms with Crippen LogP contribution in [-0.4, -0.2) is 58.3 Å². The van der Waals surface area contributed by atoms with Crippen molar-refractivity contribution >= 4 is 29.7 Å². The second kappa shape index (κ2) is 9.93. The van der Waals surface area contributed by atoms with Crippen molar-refractivity contribution in [1.82, 2.24) is 10.2 Å². The van der Waals surface area contributed by atoms with Gasteiger partial charge in [-0.05, 0) is 53.9 Å². The lowest BCUT2D eigenvalue weighted by atomic mass is 9.98. The predicted molar refractivity (Wildman–Crippen MR) is 134 cm³/mol. The van der Waals surface area contributed by atoms with Crippen LogP contribution in [0.5, 0.6) is 0 Å². The zero-order valence-corrected chi connectivity index (χ0v) is 20.5. The monoisotopic (exact) mass is 494 g/mol. The first-order valence-electron chi connectivity index (χ1n) is 12.2. The van der Waals surface area contributed by atoms with E-state index < -0.39 is 18.1 Å². The lowest BCUT2D eigenvalue weighted by Gasteiger charge is -2.27. The molecule has 2 N–H and O–H groups in total. The molecule has 2 amide bonds. The summed E-state index contributed by atoms with van der Waals surface area (Å²) < 4.78 is 5.63. The largest absolute Gasteiger partial charge is 0.480 e. The number of carbonyl (C=O) groups excluding carboxylic acids is 2. The summed E-state index contributed by atoms with van der Waals surface area (Å²) in [7, 11) is 0. The molecule has 35 heavy (non-hydrogen) atoms. The standard InChI is InChI=1S/C27H30N2O5S/c1-16-29(24(15-35-16)26(31)32)25(30)12-18(17-10-11-17)13-28-27(33)34-14-23-21-8-4-2-6-19(21)20-7-3-5-9-22(20)23/h2-9,16-18,23-24H,10-15H2,1H3,(H,28,33)(H,31,32). The van der Waals surface area contributed by atoms with Crippen LogP contribution in [0.4, 0.5) is 4.79 Å². The molecule has 0 radical (unpaired) electrons. The van der Waals surface area contributed by atoms with Crippen LogP contribution in [0.15, 0.2) is 48.5 Å². The number of nitrogens with zero attached hydrogens (tertiary/aromatic N) is 1. The number of amides is 2. The number of carboxylic acid groups (broad SMARTS) is 1. The molecule has 3 atom stereocenters. The highest BCUT2D eigenvalue weighted by atomic mass is 32.2. The van der Waals surface area contributed by atoms with Crippen molar-refractivity contribution in [3.63, 3.8) is 0 Å². The zero-order chi connectivity index (χ0) is 24.5. The van der Waals surface area contributed by atoms with Crippen molar-refractivity contribution in [3.05, 3.63) is 59.7 Å². The number of rotatable bonds is 8. The summed E-state index contributed by atoms with van der Waals surface area (Å²) in [5, 5.41) is 12.2. The van der Waals surface area contributed by atoms with Gasteiger partial charge in [0.15, 0.2) is 0 Å². The van der Waals surface area contributed by atoms with E-state index in [0.717, 1.165) is 24.0 Å². The minimum Gasteiger partial charge on any atom is -0.480 e. The first kappa shape index (κ1) is 23.7. The summed E-state index contributed by atoms with van der Waals surface area (Å²) in [6, 6.07) is 15.6. The van der Waals surface area contributed by atoms with Crippen LogP contribution >= 0.6 is 11.8 Å². The number of carbonyl (C=O) groups is 3.